The molecule has 0 unspecified atom stereocenters. The van der Waals surface area contributed by atoms with Gasteiger partial charge in [-0.2, -0.15) is 0 Å². The highest BCUT2D eigenvalue weighted by Crippen LogP contribution is 2.20. The van der Waals surface area contributed by atoms with E-state index >= 15 is 0 Å². The molecule has 0 aliphatic heterocycles. The largest absolute Gasteiger partial charge is 0.376 e. The minimum absolute atomic E-state index is 0.0504. The second kappa shape index (κ2) is 6.59. The van der Waals surface area contributed by atoms with Crippen molar-refractivity contribution in [3.05, 3.63) is 58.4 Å². The minimum atomic E-state index is -0.517. The number of benzene rings is 2. The van der Waals surface area contributed by atoms with E-state index in [-0.39, 0.29) is 17.5 Å². The van der Waals surface area contributed by atoms with E-state index in [2.05, 4.69) is 10.6 Å². The second-order valence-electron chi connectivity index (χ2n) is 4.80. The Morgan fingerprint density at radius 3 is 2.48 bits per heavy atom. The van der Waals surface area contributed by atoms with E-state index in [4.69, 9.17) is 11.6 Å². The first-order chi connectivity index (χ1) is 9.97. The molecule has 0 fully saturated rings. The number of carbonyl (C=O) groups excluding carboxylic acids is 1. The first kappa shape index (κ1) is 15.3. The minimum Gasteiger partial charge on any atom is -0.376 e. The molecule has 2 N–H and O–H groups in total. The zero-order valence-electron chi connectivity index (χ0n) is 11.8. The van der Waals surface area contributed by atoms with Crippen molar-refractivity contribution < 1.29 is 9.18 Å². The van der Waals surface area contributed by atoms with Gasteiger partial charge in [-0.25, -0.2) is 4.39 Å². The first-order valence-corrected chi connectivity index (χ1v) is 6.90. The monoisotopic (exact) mass is 306 g/mol. The number of nitrogens with one attached hydrogen (secondary N) is 2. The van der Waals surface area contributed by atoms with Gasteiger partial charge < -0.3 is 10.6 Å². The van der Waals surface area contributed by atoms with Crippen molar-refractivity contribution in [1.82, 2.24) is 0 Å². The van der Waals surface area contributed by atoms with Gasteiger partial charge in [-0.3, -0.25) is 4.79 Å². The lowest BCUT2D eigenvalue weighted by molar-refractivity contribution is -0.114. The molecule has 0 saturated heterocycles. The van der Waals surface area contributed by atoms with Crippen LogP contribution in [0.4, 0.5) is 15.8 Å². The van der Waals surface area contributed by atoms with E-state index in [1.165, 1.54) is 12.1 Å². The summed E-state index contributed by atoms with van der Waals surface area (Å²) in [5.41, 5.74) is 3.32. The molecule has 2 aromatic carbocycles. The number of amides is 1. The number of aryl methyl sites for hydroxylation is 2. The molecule has 0 spiro atoms. The Morgan fingerprint density at radius 1 is 1.19 bits per heavy atom. The number of hydrogen-bond donors (Lipinski definition) is 2. The van der Waals surface area contributed by atoms with Crippen molar-refractivity contribution in [1.29, 1.82) is 0 Å². The van der Waals surface area contributed by atoms with Gasteiger partial charge in [0.1, 0.15) is 5.82 Å². The molecule has 0 aliphatic carbocycles. The zero-order valence-corrected chi connectivity index (χ0v) is 12.6. The molecule has 0 saturated carbocycles. The maximum absolute atomic E-state index is 13.3. The molecule has 2 rings (SSSR count). The topological polar surface area (TPSA) is 41.1 Å². The Kier molecular flexibility index (Phi) is 4.81. The summed E-state index contributed by atoms with van der Waals surface area (Å²) in [4.78, 5) is 11.9. The average Bonchev–Trinajstić information content (AvgIpc) is 2.44. The number of anilines is 2. The molecule has 1 amide bonds. The van der Waals surface area contributed by atoms with Gasteiger partial charge in [0.15, 0.2) is 0 Å². The molecule has 0 atom stereocenters. The third kappa shape index (κ3) is 3.95. The predicted octanol–water partition coefficient (Wildman–Crippen LogP) is 4.15. The Labute approximate surface area is 128 Å². The third-order valence-corrected chi connectivity index (χ3v) is 3.42. The molecule has 110 valence electrons. The van der Waals surface area contributed by atoms with Crippen molar-refractivity contribution >= 4 is 28.9 Å². The Morgan fingerprint density at radius 2 is 1.86 bits per heavy atom. The molecule has 21 heavy (non-hydrogen) atoms. The Bertz CT molecular complexity index is 653. The average molecular weight is 307 g/mol. The number of rotatable bonds is 4. The SMILES string of the molecule is Cc1cccc(C)c1NC(=O)CNc1ccc(Cl)c(F)c1. The van der Waals surface area contributed by atoms with Crippen molar-refractivity contribution in [2.24, 2.45) is 0 Å². The third-order valence-electron chi connectivity index (χ3n) is 3.12. The van der Waals surface area contributed by atoms with Gasteiger partial charge in [0.05, 0.1) is 11.6 Å². The van der Waals surface area contributed by atoms with E-state index in [1.54, 1.807) is 6.07 Å². The van der Waals surface area contributed by atoms with Crippen molar-refractivity contribution in [3.63, 3.8) is 0 Å². The summed E-state index contributed by atoms with van der Waals surface area (Å²) in [7, 11) is 0. The number of halogens is 2. The molecule has 0 aromatic heterocycles. The Balaban J connectivity index is 1.97. The summed E-state index contributed by atoms with van der Waals surface area (Å²) in [5.74, 6) is -0.709. The van der Waals surface area contributed by atoms with Crippen LogP contribution < -0.4 is 10.6 Å². The van der Waals surface area contributed by atoms with Gasteiger partial charge >= 0.3 is 0 Å². The summed E-state index contributed by atoms with van der Waals surface area (Å²) >= 11 is 5.60. The molecular formula is C16H16ClFN2O. The summed E-state index contributed by atoms with van der Waals surface area (Å²) in [5, 5.41) is 5.77. The second-order valence-corrected chi connectivity index (χ2v) is 5.20. The van der Waals surface area contributed by atoms with Crippen LogP contribution in [0.15, 0.2) is 36.4 Å². The molecule has 0 bridgehead atoms. The van der Waals surface area contributed by atoms with E-state index in [9.17, 15) is 9.18 Å². The van der Waals surface area contributed by atoms with Gasteiger partial charge in [-0.05, 0) is 43.2 Å². The number of para-hydroxylation sites is 1. The van der Waals surface area contributed by atoms with E-state index < -0.39 is 5.82 Å². The molecule has 3 nitrogen and oxygen atoms in total. The van der Waals surface area contributed by atoms with Crippen LogP contribution in [0.25, 0.3) is 0 Å². The van der Waals surface area contributed by atoms with Crippen LogP contribution in [0.1, 0.15) is 11.1 Å². The highest BCUT2D eigenvalue weighted by Gasteiger charge is 2.07. The van der Waals surface area contributed by atoms with Crippen LogP contribution >= 0.6 is 11.6 Å². The predicted molar refractivity (Wildman–Crippen MR) is 84.4 cm³/mol. The fourth-order valence-corrected chi connectivity index (χ4v) is 2.10. The van der Waals surface area contributed by atoms with Crippen LogP contribution in [0, 0.1) is 19.7 Å². The van der Waals surface area contributed by atoms with Gasteiger partial charge in [-0.15, -0.1) is 0 Å². The van der Waals surface area contributed by atoms with Gasteiger partial charge in [0.25, 0.3) is 0 Å². The van der Waals surface area contributed by atoms with Crippen LogP contribution in [-0.4, -0.2) is 12.5 Å². The normalized spacial score (nSPS) is 10.3. The fraction of sp³-hybridized carbons (Fsp3) is 0.188. The van der Waals surface area contributed by atoms with Crippen LogP contribution in [-0.2, 0) is 4.79 Å². The lowest BCUT2D eigenvalue weighted by atomic mass is 10.1. The van der Waals surface area contributed by atoms with E-state index in [0.29, 0.717) is 5.69 Å². The van der Waals surface area contributed by atoms with E-state index in [1.807, 2.05) is 32.0 Å². The summed E-state index contributed by atoms with van der Waals surface area (Å²) in [6.45, 7) is 3.92. The molecular weight excluding hydrogens is 291 g/mol. The van der Waals surface area contributed by atoms with Gasteiger partial charge in [-0.1, -0.05) is 29.8 Å². The van der Waals surface area contributed by atoms with Crippen molar-refractivity contribution in [2.45, 2.75) is 13.8 Å². The highest BCUT2D eigenvalue weighted by molar-refractivity contribution is 6.30. The summed E-state index contributed by atoms with van der Waals surface area (Å²) in [6, 6.07) is 10.1. The standard InChI is InChI=1S/C16H16ClFN2O/c1-10-4-3-5-11(2)16(10)20-15(21)9-19-12-6-7-13(17)14(18)8-12/h3-8,19H,9H2,1-2H3,(H,20,21). The maximum atomic E-state index is 13.3. The van der Waals surface area contributed by atoms with Crippen LogP contribution in [0.2, 0.25) is 5.02 Å². The van der Waals surface area contributed by atoms with Gasteiger partial charge in [0.2, 0.25) is 5.91 Å². The Hall–Kier alpha value is -2.07. The van der Waals surface area contributed by atoms with Gasteiger partial charge in [0, 0.05) is 11.4 Å². The lowest BCUT2D eigenvalue weighted by Crippen LogP contribution is -2.22. The molecule has 0 radical (unpaired) electrons. The first-order valence-electron chi connectivity index (χ1n) is 6.52. The highest BCUT2D eigenvalue weighted by atomic mass is 35.5. The maximum Gasteiger partial charge on any atom is 0.243 e. The number of hydrogen-bond acceptors (Lipinski definition) is 2. The fourth-order valence-electron chi connectivity index (χ4n) is 1.98. The molecule has 0 aliphatic rings. The van der Waals surface area contributed by atoms with Crippen LogP contribution in [0.5, 0.6) is 0 Å². The number of carbonyl (C=O) groups is 1. The summed E-state index contributed by atoms with van der Waals surface area (Å²) in [6.07, 6.45) is 0. The quantitative estimate of drug-likeness (QED) is 0.891. The zero-order chi connectivity index (χ0) is 15.4. The lowest BCUT2D eigenvalue weighted by Gasteiger charge is -2.12. The van der Waals surface area contributed by atoms with Crippen molar-refractivity contribution in [2.75, 3.05) is 17.2 Å². The smallest absolute Gasteiger partial charge is 0.243 e. The molecule has 5 heteroatoms. The van der Waals surface area contributed by atoms with Crippen molar-refractivity contribution in [3.8, 4) is 0 Å². The summed E-state index contributed by atoms with van der Waals surface area (Å²) < 4.78 is 13.3. The van der Waals surface area contributed by atoms with Crippen LogP contribution in [0.3, 0.4) is 0 Å². The van der Waals surface area contributed by atoms with E-state index in [0.717, 1.165) is 16.8 Å². The molecule has 0 heterocycles. The molecule has 2 aromatic rings.